The molecule has 0 radical (unpaired) electrons. The van der Waals surface area contributed by atoms with Crippen LogP contribution in [0.15, 0.2) is 60.7 Å². The Morgan fingerprint density at radius 1 is 0.852 bits per heavy atom. The molecule has 5 aliphatic rings. The van der Waals surface area contributed by atoms with Gasteiger partial charge in [0.15, 0.2) is 0 Å². The second-order valence-electron chi connectivity index (χ2n) is 18.5. The van der Waals surface area contributed by atoms with Crippen molar-refractivity contribution in [2.45, 2.75) is 90.8 Å². The number of carbonyl (C=O) groups is 6. The Morgan fingerprint density at radius 3 is 2.23 bits per heavy atom. The number of amides is 6. The zero-order valence-electron chi connectivity index (χ0n) is 35.0. The van der Waals surface area contributed by atoms with Crippen LogP contribution in [-0.2, 0) is 9.59 Å². The summed E-state index contributed by atoms with van der Waals surface area (Å²) in [5.41, 5.74) is 2.06. The van der Waals surface area contributed by atoms with E-state index >= 15 is 0 Å². The van der Waals surface area contributed by atoms with E-state index in [1.54, 1.807) is 54.6 Å². The Labute approximate surface area is 360 Å². The number of hydrogen-bond acceptors (Lipinski definition) is 9. The minimum Gasteiger partial charge on any atom is -0.489 e. The summed E-state index contributed by atoms with van der Waals surface area (Å²) in [4.78, 5) is 82.7. The number of anilines is 1. The summed E-state index contributed by atoms with van der Waals surface area (Å²) in [5, 5.41) is 15.0. The van der Waals surface area contributed by atoms with Gasteiger partial charge in [0, 0.05) is 72.4 Å². The summed E-state index contributed by atoms with van der Waals surface area (Å²) in [6.07, 6.45) is 5.06. The molecule has 2 N–H and O–H groups in total. The Hall–Kier alpha value is -5.74. The maximum absolute atomic E-state index is 13.6. The van der Waals surface area contributed by atoms with Gasteiger partial charge in [0.25, 0.3) is 23.6 Å². The van der Waals surface area contributed by atoms with E-state index in [4.69, 9.17) is 16.3 Å². The number of ether oxygens (including phenoxy) is 1. The van der Waals surface area contributed by atoms with Crippen LogP contribution in [0.5, 0.6) is 5.75 Å². The predicted molar refractivity (Wildman–Crippen MR) is 227 cm³/mol. The van der Waals surface area contributed by atoms with Gasteiger partial charge in [-0.3, -0.25) is 39.0 Å². The summed E-state index contributed by atoms with van der Waals surface area (Å²) >= 11 is 6.24. The molecule has 0 aromatic heterocycles. The van der Waals surface area contributed by atoms with E-state index < -0.39 is 40.5 Å². The average Bonchev–Trinajstić information content (AvgIpc) is 3.33. The van der Waals surface area contributed by atoms with Crippen molar-refractivity contribution in [3.8, 4) is 11.8 Å². The number of nitrogens with zero attached hydrogens (tertiary/aromatic N) is 4. The first kappa shape index (κ1) is 42.0. The molecular formula is C47H51ClN6O7. The molecule has 2 atom stereocenters. The molecule has 318 valence electrons. The molecule has 3 aromatic carbocycles. The number of likely N-dealkylation sites (tertiary alicyclic amines) is 1. The van der Waals surface area contributed by atoms with E-state index in [-0.39, 0.29) is 42.4 Å². The molecule has 0 spiro atoms. The number of piperidine rings is 1. The van der Waals surface area contributed by atoms with Crippen molar-refractivity contribution in [1.82, 2.24) is 20.4 Å². The van der Waals surface area contributed by atoms with Gasteiger partial charge in [-0.15, -0.1) is 0 Å². The molecule has 61 heavy (non-hydrogen) atoms. The number of rotatable bonds is 10. The highest BCUT2D eigenvalue weighted by atomic mass is 35.5. The molecule has 4 heterocycles. The fourth-order valence-electron chi connectivity index (χ4n) is 10.5. The van der Waals surface area contributed by atoms with Crippen LogP contribution >= 0.6 is 11.6 Å². The van der Waals surface area contributed by atoms with Gasteiger partial charge in [-0.1, -0.05) is 39.3 Å². The standard InChI is InChI=1S/C47H51ClN6O7/c1-46(2)44(47(3,4)45(46)61-33-15-13-31(24-49)36(48)23-33)51-39(56)29-9-11-30(12-10-29)41(58)52-20-5-6-27(19-21-52)7-8-28-25-53(26-28)32-14-16-34-35(22-32)43(60)54(42(34)59)37-17-18-38(55)50-40(37)57/h9-16,22-23,27-28,37,44-45H,5-8,17-21,25-26H2,1-4H3,(H,51,56)(H,50,55,57). The molecule has 3 aromatic rings. The fourth-order valence-corrected chi connectivity index (χ4v) is 10.7. The first-order chi connectivity index (χ1) is 29.1. The highest BCUT2D eigenvalue weighted by Crippen LogP contribution is 2.55. The van der Waals surface area contributed by atoms with Crippen LogP contribution in [0.25, 0.3) is 0 Å². The van der Waals surface area contributed by atoms with Gasteiger partial charge >= 0.3 is 0 Å². The van der Waals surface area contributed by atoms with Gasteiger partial charge in [0.1, 0.15) is 24.0 Å². The van der Waals surface area contributed by atoms with Gasteiger partial charge in [0.05, 0.1) is 21.7 Å². The van der Waals surface area contributed by atoms with Crippen molar-refractivity contribution < 1.29 is 33.5 Å². The molecule has 1 saturated carbocycles. The minimum absolute atomic E-state index is 0.0267. The maximum Gasteiger partial charge on any atom is 0.262 e. The lowest BCUT2D eigenvalue weighted by molar-refractivity contribution is -0.164. The Balaban J connectivity index is 0.784. The van der Waals surface area contributed by atoms with Crippen LogP contribution in [0, 0.1) is 34.0 Å². The molecule has 1 aliphatic carbocycles. The van der Waals surface area contributed by atoms with Crippen molar-refractivity contribution in [3.05, 3.63) is 93.5 Å². The highest BCUT2D eigenvalue weighted by Gasteiger charge is 2.64. The molecule has 14 heteroatoms. The summed E-state index contributed by atoms with van der Waals surface area (Å²) in [6.45, 7) is 11.3. The van der Waals surface area contributed by atoms with E-state index in [9.17, 15) is 34.0 Å². The van der Waals surface area contributed by atoms with Gasteiger partial charge in [-0.25, -0.2) is 0 Å². The lowest BCUT2D eigenvalue weighted by Gasteiger charge is -2.63. The quantitative estimate of drug-likeness (QED) is 0.220. The van der Waals surface area contributed by atoms with Crippen molar-refractivity contribution in [2.24, 2.45) is 22.7 Å². The van der Waals surface area contributed by atoms with Gasteiger partial charge in [-0.05, 0) is 105 Å². The number of nitrogens with one attached hydrogen (secondary N) is 2. The Bertz CT molecular complexity index is 2330. The Kier molecular flexibility index (Phi) is 11.2. The molecule has 2 unspecified atom stereocenters. The molecule has 13 nitrogen and oxygen atoms in total. The average molecular weight is 847 g/mol. The Morgan fingerprint density at radius 2 is 1.54 bits per heavy atom. The van der Waals surface area contributed by atoms with Crippen LogP contribution in [-0.4, -0.2) is 89.6 Å². The number of halogens is 1. The smallest absolute Gasteiger partial charge is 0.262 e. The topological polar surface area (TPSA) is 169 Å². The second kappa shape index (κ2) is 16.3. The molecular weight excluding hydrogens is 796 g/mol. The SMILES string of the molecule is CC1(C)C(NC(=O)c2ccc(C(=O)N3CCCC(CCC4CN(c5ccc6c(c5)C(=O)N(C5CCC(=O)NC5=O)C6=O)C4)CC3)cc2)C(C)(C)C1Oc1ccc(C#N)c(Cl)c1. The summed E-state index contributed by atoms with van der Waals surface area (Å²) in [7, 11) is 0. The minimum atomic E-state index is -0.983. The molecule has 4 aliphatic heterocycles. The first-order valence-electron chi connectivity index (χ1n) is 21.2. The molecule has 0 bridgehead atoms. The summed E-state index contributed by atoms with van der Waals surface area (Å²) < 4.78 is 6.36. The number of nitriles is 1. The van der Waals surface area contributed by atoms with E-state index in [2.05, 4.69) is 49.3 Å². The number of benzene rings is 3. The summed E-state index contributed by atoms with van der Waals surface area (Å²) in [5.74, 6) is -0.663. The van der Waals surface area contributed by atoms with Crippen LogP contribution < -0.4 is 20.3 Å². The first-order valence-corrected chi connectivity index (χ1v) is 21.6. The normalized spacial score (nSPS) is 24.5. The highest BCUT2D eigenvalue weighted by molar-refractivity contribution is 6.31. The van der Waals surface area contributed by atoms with Crippen molar-refractivity contribution >= 4 is 52.7 Å². The van der Waals surface area contributed by atoms with Crippen LogP contribution in [0.2, 0.25) is 5.02 Å². The third-order valence-electron chi connectivity index (χ3n) is 13.7. The van der Waals surface area contributed by atoms with E-state index in [0.29, 0.717) is 58.0 Å². The number of fused-ring (bicyclic) bond motifs is 1. The predicted octanol–water partition coefficient (Wildman–Crippen LogP) is 6.38. The van der Waals surface area contributed by atoms with Crippen molar-refractivity contribution in [3.63, 3.8) is 0 Å². The van der Waals surface area contributed by atoms with Crippen LogP contribution in [0.3, 0.4) is 0 Å². The number of hydrogen-bond donors (Lipinski definition) is 2. The van der Waals surface area contributed by atoms with Gasteiger partial charge in [-0.2, -0.15) is 5.26 Å². The second-order valence-corrected chi connectivity index (χ2v) is 18.9. The van der Waals surface area contributed by atoms with Crippen molar-refractivity contribution in [1.29, 1.82) is 5.26 Å². The van der Waals surface area contributed by atoms with Gasteiger partial charge in [0.2, 0.25) is 11.8 Å². The number of imide groups is 2. The summed E-state index contributed by atoms with van der Waals surface area (Å²) in [6, 6.07) is 18.1. The third kappa shape index (κ3) is 7.87. The third-order valence-corrected chi connectivity index (χ3v) is 14.0. The van der Waals surface area contributed by atoms with Crippen molar-refractivity contribution in [2.75, 3.05) is 31.1 Å². The zero-order valence-corrected chi connectivity index (χ0v) is 35.7. The number of carbonyl (C=O) groups excluding carboxylic acids is 6. The molecule has 4 fully saturated rings. The lowest BCUT2D eigenvalue weighted by Crippen LogP contribution is -2.74. The maximum atomic E-state index is 13.6. The molecule has 6 amide bonds. The molecule has 3 saturated heterocycles. The van der Waals surface area contributed by atoms with Crippen LogP contribution in [0.4, 0.5) is 5.69 Å². The van der Waals surface area contributed by atoms with E-state index in [1.807, 2.05) is 11.0 Å². The van der Waals surface area contributed by atoms with E-state index in [0.717, 1.165) is 55.8 Å². The fraction of sp³-hybridized carbons (Fsp3) is 0.468. The molecule has 8 rings (SSSR count). The monoisotopic (exact) mass is 846 g/mol. The lowest BCUT2D eigenvalue weighted by atomic mass is 9.49. The van der Waals surface area contributed by atoms with Crippen LogP contribution in [0.1, 0.15) is 120 Å². The van der Waals surface area contributed by atoms with E-state index in [1.165, 1.54) is 0 Å². The zero-order chi connectivity index (χ0) is 43.4. The van der Waals surface area contributed by atoms with Gasteiger partial charge < -0.3 is 19.9 Å². The largest absolute Gasteiger partial charge is 0.489 e.